The lowest BCUT2D eigenvalue weighted by molar-refractivity contribution is -0.132. The van der Waals surface area contributed by atoms with E-state index in [0.717, 1.165) is 51.1 Å². The van der Waals surface area contributed by atoms with Crippen molar-refractivity contribution in [1.82, 2.24) is 15.1 Å². The van der Waals surface area contributed by atoms with Gasteiger partial charge in [0, 0.05) is 39.3 Å². The van der Waals surface area contributed by atoms with Gasteiger partial charge in [-0.05, 0) is 29.7 Å². The third-order valence-corrected chi connectivity index (χ3v) is 5.26. The molecule has 1 N–H and O–H groups in total. The monoisotopic (exact) mass is 409 g/mol. The number of piperazine rings is 1. The molecular weight excluding hydrogens is 378 g/mol. The van der Waals surface area contributed by atoms with E-state index in [1.807, 2.05) is 23.1 Å². The zero-order valence-electron chi connectivity index (χ0n) is 17.7. The average molecular weight is 410 g/mol. The minimum absolute atomic E-state index is 0.139. The number of amides is 2. The summed E-state index contributed by atoms with van der Waals surface area (Å²) in [6, 6.07) is 17.6. The van der Waals surface area contributed by atoms with Crippen LogP contribution in [0.15, 0.2) is 54.6 Å². The summed E-state index contributed by atoms with van der Waals surface area (Å²) < 4.78 is 5.25. The van der Waals surface area contributed by atoms with Crippen molar-refractivity contribution >= 4 is 12.0 Å². The number of nitrogens with zero attached hydrogens (tertiary/aromatic N) is 2. The molecule has 1 aliphatic rings. The number of hydrogen-bond acceptors (Lipinski definition) is 4. The molecule has 30 heavy (non-hydrogen) atoms. The fraction of sp³-hybridized carbons (Fsp3) is 0.417. The van der Waals surface area contributed by atoms with E-state index < -0.39 is 6.09 Å². The smallest absolute Gasteiger partial charge is 0.410 e. The van der Waals surface area contributed by atoms with Gasteiger partial charge in [0.05, 0.1) is 6.42 Å². The van der Waals surface area contributed by atoms with Crippen LogP contribution in [0.5, 0.6) is 5.75 Å². The Labute approximate surface area is 178 Å². The SMILES string of the molecule is CCCCNC(=O)Oc1ccc(CC(=O)N2CCN(Cc3ccccc3)CC2)cc1. The van der Waals surface area contributed by atoms with Crippen molar-refractivity contribution in [2.24, 2.45) is 0 Å². The number of benzene rings is 2. The van der Waals surface area contributed by atoms with Gasteiger partial charge in [-0.15, -0.1) is 0 Å². The van der Waals surface area contributed by atoms with Gasteiger partial charge in [-0.3, -0.25) is 9.69 Å². The highest BCUT2D eigenvalue weighted by Gasteiger charge is 2.21. The number of nitrogens with one attached hydrogen (secondary N) is 1. The van der Waals surface area contributed by atoms with E-state index in [2.05, 4.69) is 41.4 Å². The minimum atomic E-state index is -0.444. The second kappa shape index (κ2) is 11.4. The first kappa shape index (κ1) is 21.8. The van der Waals surface area contributed by atoms with E-state index in [9.17, 15) is 9.59 Å². The van der Waals surface area contributed by atoms with Crippen molar-refractivity contribution in [2.75, 3.05) is 32.7 Å². The second-order valence-electron chi connectivity index (χ2n) is 7.63. The first-order chi connectivity index (χ1) is 14.6. The topological polar surface area (TPSA) is 61.9 Å². The molecule has 1 fully saturated rings. The lowest BCUT2D eigenvalue weighted by atomic mass is 10.1. The van der Waals surface area contributed by atoms with Gasteiger partial charge >= 0.3 is 6.09 Å². The van der Waals surface area contributed by atoms with Gasteiger partial charge in [0.15, 0.2) is 0 Å². The zero-order chi connectivity index (χ0) is 21.2. The van der Waals surface area contributed by atoms with Crippen LogP contribution in [0.3, 0.4) is 0 Å². The molecule has 0 atom stereocenters. The van der Waals surface area contributed by atoms with Gasteiger partial charge in [0.2, 0.25) is 5.91 Å². The Balaban J connectivity index is 1.41. The first-order valence-electron chi connectivity index (χ1n) is 10.7. The van der Waals surface area contributed by atoms with Crippen LogP contribution in [0.2, 0.25) is 0 Å². The van der Waals surface area contributed by atoms with E-state index in [4.69, 9.17) is 4.74 Å². The summed E-state index contributed by atoms with van der Waals surface area (Å²) in [5.74, 6) is 0.620. The largest absolute Gasteiger partial charge is 0.412 e. The maximum atomic E-state index is 12.7. The molecule has 0 radical (unpaired) electrons. The van der Waals surface area contributed by atoms with Crippen LogP contribution in [0.25, 0.3) is 0 Å². The number of carbonyl (C=O) groups is 2. The molecule has 160 valence electrons. The number of carbonyl (C=O) groups excluding carboxylic acids is 2. The molecule has 1 heterocycles. The van der Waals surface area contributed by atoms with Crippen LogP contribution in [-0.4, -0.2) is 54.5 Å². The van der Waals surface area contributed by atoms with E-state index in [1.165, 1.54) is 5.56 Å². The molecule has 3 rings (SSSR count). The van der Waals surface area contributed by atoms with Crippen LogP contribution >= 0.6 is 0 Å². The highest BCUT2D eigenvalue weighted by atomic mass is 16.6. The first-order valence-corrected chi connectivity index (χ1v) is 10.7. The second-order valence-corrected chi connectivity index (χ2v) is 7.63. The Bertz CT molecular complexity index is 800. The molecule has 1 aliphatic heterocycles. The van der Waals surface area contributed by atoms with Crippen molar-refractivity contribution in [2.45, 2.75) is 32.7 Å². The quantitative estimate of drug-likeness (QED) is 0.679. The average Bonchev–Trinajstić information content (AvgIpc) is 2.76. The predicted molar refractivity (Wildman–Crippen MR) is 117 cm³/mol. The minimum Gasteiger partial charge on any atom is -0.410 e. The van der Waals surface area contributed by atoms with Gasteiger partial charge in [-0.1, -0.05) is 55.8 Å². The van der Waals surface area contributed by atoms with E-state index >= 15 is 0 Å². The number of ether oxygens (including phenoxy) is 1. The zero-order valence-corrected chi connectivity index (χ0v) is 17.7. The summed E-state index contributed by atoms with van der Waals surface area (Å²) in [6.07, 6.45) is 1.87. The normalized spacial score (nSPS) is 14.4. The third-order valence-electron chi connectivity index (χ3n) is 5.26. The van der Waals surface area contributed by atoms with E-state index in [0.29, 0.717) is 18.7 Å². The van der Waals surface area contributed by atoms with Gasteiger partial charge in [0.1, 0.15) is 5.75 Å². The predicted octanol–water partition coefficient (Wildman–Crippen LogP) is 3.46. The molecule has 0 aromatic heterocycles. The Morgan fingerprint density at radius 3 is 2.30 bits per heavy atom. The van der Waals surface area contributed by atoms with Gasteiger partial charge in [-0.25, -0.2) is 4.79 Å². The fourth-order valence-electron chi connectivity index (χ4n) is 3.47. The summed E-state index contributed by atoms with van der Waals surface area (Å²) in [7, 11) is 0. The van der Waals surface area contributed by atoms with Gasteiger partial charge in [0.25, 0.3) is 0 Å². The maximum absolute atomic E-state index is 12.7. The van der Waals surface area contributed by atoms with Crippen LogP contribution in [0.1, 0.15) is 30.9 Å². The summed E-state index contributed by atoms with van der Waals surface area (Å²) in [5.41, 5.74) is 2.23. The Hall–Kier alpha value is -2.86. The highest BCUT2D eigenvalue weighted by Crippen LogP contribution is 2.15. The maximum Gasteiger partial charge on any atom is 0.412 e. The molecule has 0 spiro atoms. The van der Waals surface area contributed by atoms with Crippen molar-refractivity contribution in [3.63, 3.8) is 0 Å². The Morgan fingerprint density at radius 1 is 0.933 bits per heavy atom. The molecule has 0 unspecified atom stereocenters. The third kappa shape index (κ3) is 6.88. The summed E-state index contributed by atoms with van der Waals surface area (Å²) in [5, 5.41) is 2.71. The summed E-state index contributed by atoms with van der Waals surface area (Å²) >= 11 is 0. The van der Waals surface area contributed by atoms with Crippen LogP contribution in [0, 0.1) is 0 Å². The van der Waals surface area contributed by atoms with Crippen LogP contribution in [-0.2, 0) is 17.8 Å². The summed E-state index contributed by atoms with van der Waals surface area (Å²) in [6.45, 7) is 6.89. The van der Waals surface area contributed by atoms with Crippen molar-refractivity contribution in [3.8, 4) is 5.75 Å². The summed E-state index contributed by atoms with van der Waals surface area (Å²) in [4.78, 5) is 28.7. The van der Waals surface area contributed by atoms with Crippen LogP contribution in [0.4, 0.5) is 4.79 Å². The molecule has 0 aliphatic carbocycles. The fourth-order valence-corrected chi connectivity index (χ4v) is 3.47. The van der Waals surface area contributed by atoms with Crippen molar-refractivity contribution in [3.05, 3.63) is 65.7 Å². The van der Waals surface area contributed by atoms with Gasteiger partial charge < -0.3 is 15.0 Å². The highest BCUT2D eigenvalue weighted by molar-refractivity contribution is 5.79. The van der Waals surface area contributed by atoms with E-state index in [1.54, 1.807) is 12.1 Å². The van der Waals surface area contributed by atoms with Crippen molar-refractivity contribution < 1.29 is 14.3 Å². The lowest BCUT2D eigenvalue weighted by Crippen LogP contribution is -2.48. The molecule has 1 saturated heterocycles. The number of unbranched alkanes of at least 4 members (excludes halogenated alkanes) is 1. The molecule has 0 bridgehead atoms. The molecule has 0 saturated carbocycles. The molecular formula is C24H31N3O3. The lowest BCUT2D eigenvalue weighted by Gasteiger charge is -2.34. The Morgan fingerprint density at radius 2 is 1.63 bits per heavy atom. The molecule has 2 aromatic rings. The molecule has 6 heteroatoms. The number of rotatable bonds is 8. The Kier molecular flexibility index (Phi) is 8.27. The molecule has 6 nitrogen and oxygen atoms in total. The van der Waals surface area contributed by atoms with Gasteiger partial charge in [-0.2, -0.15) is 0 Å². The van der Waals surface area contributed by atoms with E-state index in [-0.39, 0.29) is 5.91 Å². The molecule has 2 amide bonds. The molecule has 2 aromatic carbocycles. The standard InChI is InChI=1S/C24H31N3O3/c1-2-3-13-25-24(29)30-22-11-9-20(10-12-22)18-23(28)27-16-14-26(15-17-27)19-21-7-5-4-6-8-21/h4-12H,2-3,13-19H2,1H3,(H,25,29). The number of hydrogen-bond donors (Lipinski definition) is 1. The van der Waals surface area contributed by atoms with Crippen molar-refractivity contribution in [1.29, 1.82) is 0 Å². The van der Waals surface area contributed by atoms with Crippen LogP contribution < -0.4 is 10.1 Å².